The highest BCUT2D eigenvalue weighted by molar-refractivity contribution is 5.77. The van der Waals surface area contributed by atoms with E-state index in [-0.39, 0.29) is 6.09 Å². The third kappa shape index (κ3) is 3.05. The summed E-state index contributed by atoms with van der Waals surface area (Å²) < 4.78 is 10.9. The van der Waals surface area contributed by atoms with Gasteiger partial charge in [0.1, 0.15) is 11.5 Å². The second-order valence-electron chi connectivity index (χ2n) is 7.36. The zero-order valence-electron chi connectivity index (χ0n) is 15.2. The van der Waals surface area contributed by atoms with E-state index >= 15 is 0 Å². The summed E-state index contributed by atoms with van der Waals surface area (Å²) in [5, 5.41) is 3.18. The summed E-state index contributed by atoms with van der Waals surface area (Å²) in [5.41, 5.74) is 1.49. The van der Waals surface area contributed by atoms with E-state index in [0.717, 1.165) is 23.3 Å². The monoisotopic (exact) mass is 351 g/mol. The smallest absolute Gasteiger partial charge is 0.413 e. The van der Waals surface area contributed by atoms with Gasteiger partial charge in [-0.05, 0) is 36.1 Å². The fourth-order valence-corrected chi connectivity index (χ4v) is 4.48. The molecule has 1 heterocycles. The first-order valence-corrected chi connectivity index (χ1v) is 9.45. The largest absolute Gasteiger partial charge is 0.497 e. The van der Waals surface area contributed by atoms with Crippen molar-refractivity contribution < 1.29 is 14.3 Å². The van der Waals surface area contributed by atoms with Crippen molar-refractivity contribution in [3.05, 3.63) is 59.7 Å². The molecule has 0 radical (unpaired) electrons. The van der Waals surface area contributed by atoms with Crippen molar-refractivity contribution in [1.82, 2.24) is 5.32 Å². The number of ether oxygens (including phenoxy) is 2. The lowest BCUT2D eigenvalue weighted by atomic mass is 9.72. The number of carbonyl (C=O) groups excluding carboxylic acids is 1. The molecular formula is C22H25NO3. The van der Waals surface area contributed by atoms with Gasteiger partial charge in [0.15, 0.2) is 0 Å². The van der Waals surface area contributed by atoms with Crippen LogP contribution in [0, 0.1) is 5.92 Å². The summed E-state index contributed by atoms with van der Waals surface area (Å²) >= 11 is 0. The fraction of sp³-hybridized carbons (Fsp3) is 0.409. The number of hydrogen-bond donors (Lipinski definition) is 1. The third-order valence-corrected chi connectivity index (χ3v) is 5.75. The van der Waals surface area contributed by atoms with Crippen LogP contribution >= 0.6 is 0 Å². The molecule has 2 aromatic rings. The molecule has 1 atom stereocenters. The van der Waals surface area contributed by atoms with Gasteiger partial charge in [-0.25, -0.2) is 4.79 Å². The number of amides is 1. The summed E-state index contributed by atoms with van der Waals surface area (Å²) in [6.07, 6.45) is 6.77. The SMILES string of the molecule is COc1ccc2c(c1)C(CC1CCCCC1)(c1ccccc1)NC(=O)O2. The number of hydrogen-bond acceptors (Lipinski definition) is 3. The average Bonchev–Trinajstić information content (AvgIpc) is 2.69. The summed E-state index contributed by atoms with van der Waals surface area (Å²) in [4.78, 5) is 12.4. The lowest BCUT2D eigenvalue weighted by Crippen LogP contribution is -2.52. The predicted octanol–water partition coefficient (Wildman–Crippen LogP) is 5.01. The van der Waals surface area contributed by atoms with Crippen molar-refractivity contribution >= 4 is 6.09 Å². The molecule has 2 aromatic carbocycles. The molecule has 0 bridgehead atoms. The minimum absolute atomic E-state index is 0.387. The quantitative estimate of drug-likeness (QED) is 0.842. The Balaban J connectivity index is 1.86. The highest BCUT2D eigenvalue weighted by atomic mass is 16.6. The van der Waals surface area contributed by atoms with Gasteiger partial charge < -0.3 is 14.8 Å². The van der Waals surface area contributed by atoms with Crippen LogP contribution in [-0.4, -0.2) is 13.2 Å². The van der Waals surface area contributed by atoms with Gasteiger partial charge in [0.05, 0.1) is 12.6 Å². The van der Waals surface area contributed by atoms with Crippen LogP contribution < -0.4 is 14.8 Å². The van der Waals surface area contributed by atoms with E-state index in [0.29, 0.717) is 11.7 Å². The minimum Gasteiger partial charge on any atom is -0.497 e. The molecule has 4 heteroatoms. The second-order valence-corrected chi connectivity index (χ2v) is 7.36. The molecule has 1 fully saturated rings. The molecule has 0 saturated heterocycles. The van der Waals surface area contributed by atoms with Crippen molar-refractivity contribution in [3.8, 4) is 11.5 Å². The van der Waals surface area contributed by atoms with Crippen LogP contribution in [0.4, 0.5) is 4.79 Å². The number of methoxy groups -OCH3 is 1. The minimum atomic E-state index is -0.581. The number of carbonyl (C=O) groups is 1. The van der Waals surface area contributed by atoms with Gasteiger partial charge in [0, 0.05) is 5.56 Å². The molecule has 136 valence electrons. The molecule has 1 unspecified atom stereocenters. The molecule has 26 heavy (non-hydrogen) atoms. The van der Waals surface area contributed by atoms with Crippen LogP contribution in [0.2, 0.25) is 0 Å². The molecule has 1 saturated carbocycles. The number of nitrogens with one attached hydrogen (secondary N) is 1. The number of rotatable bonds is 4. The fourth-order valence-electron chi connectivity index (χ4n) is 4.48. The predicted molar refractivity (Wildman–Crippen MR) is 101 cm³/mol. The van der Waals surface area contributed by atoms with E-state index in [2.05, 4.69) is 17.4 Å². The molecule has 1 N–H and O–H groups in total. The van der Waals surface area contributed by atoms with E-state index in [9.17, 15) is 4.79 Å². The molecule has 2 aliphatic rings. The standard InChI is InChI=1S/C22H25NO3/c1-25-18-12-13-20-19(14-18)22(23-21(24)26-20,17-10-6-3-7-11-17)15-16-8-4-2-5-9-16/h3,6-7,10-14,16H,2,4-5,8-9,15H2,1H3,(H,23,24). The summed E-state index contributed by atoms with van der Waals surface area (Å²) in [6.45, 7) is 0. The maximum Gasteiger partial charge on any atom is 0.413 e. The Kier molecular flexibility index (Phi) is 4.58. The Labute approximate surface area is 154 Å². The van der Waals surface area contributed by atoms with Gasteiger partial charge in [0.25, 0.3) is 0 Å². The molecule has 4 rings (SSSR count). The van der Waals surface area contributed by atoms with Gasteiger partial charge in [-0.2, -0.15) is 0 Å². The number of benzene rings is 2. The van der Waals surface area contributed by atoms with Crippen molar-refractivity contribution in [2.45, 2.75) is 44.1 Å². The Hall–Kier alpha value is -2.49. The Bertz CT molecular complexity index is 783. The van der Waals surface area contributed by atoms with Gasteiger partial charge in [-0.3, -0.25) is 0 Å². The van der Waals surface area contributed by atoms with E-state index in [1.165, 1.54) is 32.1 Å². The van der Waals surface area contributed by atoms with Gasteiger partial charge in [-0.15, -0.1) is 0 Å². The van der Waals surface area contributed by atoms with Gasteiger partial charge >= 0.3 is 6.09 Å². The molecule has 0 aromatic heterocycles. The van der Waals surface area contributed by atoms with Crippen molar-refractivity contribution in [2.24, 2.45) is 5.92 Å². The molecule has 4 nitrogen and oxygen atoms in total. The van der Waals surface area contributed by atoms with Crippen molar-refractivity contribution in [2.75, 3.05) is 7.11 Å². The van der Waals surface area contributed by atoms with Crippen LogP contribution in [-0.2, 0) is 5.54 Å². The van der Waals surface area contributed by atoms with Crippen LogP contribution in [0.1, 0.15) is 49.7 Å². The van der Waals surface area contributed by atoms with E-state index in [4.69, 9.17) is 9.47 Å². The van der Waals surface area contributed by atoms with Crippen LogP contribution in [0.3, 0.4) is 0 Å². The van der Waals surface area contributed by atoms with E-state index in [1.54, 1.807) is 7.11 Å². The van der Waals surface area contributed by atoms with Crippen LogP contribution in [0.5, 0.6) is 11.5 Å². The zero-order valence-corrected chi connectivity index (χ0v) is 15.2. The lowest BCUT2D eigenvalue weighted by Gasteiger charge is -2.42. The van der Waals surface area contributed by atoms with Gasteiger partial charge in [-0.1, -0.05) is 62.4 Å². The van der Waals surface area contributed by atoms with Crippen molar-refractivity contribution in [3.63, 3.8) is 0 Å². The highest BCUT2D eigenvalue weighted by Crippen LogP contribution is 2.46. The normalized spacial score (nSPS) is 22.9. The zero-order chi connectivity index (χ0) is 18.0. The Morgan fingerprint density at radius 2 is 1.88 bits per heavy atom. The third-order valence-electron chi connectivity index (χ3n) is 5.75. The first kappa shape index (κ1) is 17.0. The summed E-state index contributed by atoms with van der Waals surface area (Å²) in [5.74, 6) is 1.98. The maximum absolute atomic E-state index is 12.4. The Morgan fingerprint density at radius 1 is 1.12 bits per heavy atom. The Morgan fingerprint density at radius 3 is 2.62 bits per heavy atom. The molecule has 0 spiro atoms. The molecular weight excluding hydrogens is 326 g/mol. The van der Waals surface area contributed by atoms with E-state index in [1.807, 2.05) is 36.4 Å². The van der Waals surface area contributed by atoms with Crippen molar-refractivity contribution in [1.29, 1.82) is 0 Å². The highest BCUT2D eigenvalue weighted by Gasteiger charge is 2.44. The maximum atomic E-state index is 12.4. The first-order chi connectivity index (χ1) is 12.7. The molecule has 1 aliphatic heterocycles. The van der Waals surface area contributed by atoms with Crippen LogP contribution in [0.25, 0.3) is 0 Å². The topological polar surface area (TPSA) is 47.6 Å². The second kappa shape index (κ2) is 7.02. The molecule has 1 aliphatic carbocycles. The van der Waals surface area contributed by atoms with Crippen LogP contribution in [0.15, 0.2) is 48.5 Å². The molecule has 1 amide bonds. The number of fused-ring (bicyclic) bond motifs is 1. The average molecular weight is 351 g/mol. The summed E-state index contributed by atoms with van der Waals surface area (Å²) in [6, 6.07) is 15.9. The lowest BCUT2D eigenvalue weighted by molar-refractivity contribution is 0.164. The van der Waals surface area contributed by atoms with E-state index < -0.39 is 5.54 Å². The summed E-state index contributed by atoms with van der Waals surface area (Å²) in [7, 11) is 1.66. The first-order valence-electron chi connectivity index (χ1n) is 9.45. The van der Waals surface area contributed by atoms with Gasteiger partial charge in [0.2, 0.25) is 0 Å².